The van der Waals surface area contributed by atoms with Crippen LogP contribution in [0.2, 0.25) is 0 Å². The topological polar surface area (TPSA) is 101 Å². The van der Waals surface area contributed by atoms with Crippen molar-refractivity contribution in [3.05, 3.63) is 64.7 Å². The van der Waals surface area contributed by atoms with Gasteiger partial charge in [0.05, 0.1) is 17.0 Å². The van der Waals surface area contributed by atoms with Crippen LogP contribution in [-0.4, -0.2) is 30.8 Å². The third-order valence-electron chi connectivity index (χ3n) is 5.19. The summed E-state index contributed by atoms with van der Waals surface area (Å²) in [6.07, 6.45) is -5.06. The Balaban J connectivity index is 2.03. The number of sulfonamides is 1. The summed E-state index contributed by atoms with van der Waals surface area (Å²) in [5.41, 5.74) is -3.59. The summed E-state index contributed by atoms with van der Waals surface area (Å²) < 4.78 is 89.7. The summed E-state index contributed by atoms with van der Waals surface area (Å²) in [7, 11) is -4.07. The molecule has 178 valence electrons. The van der Waals surface area contributed by atoms with Gasteiger partial charge in [-0.3, -0.25) is 4.79 Å². The van der Waals surface area contributed by atoms with E-state index in [1.54, 1.807) is 0 Å². The molecule has 0 atom stereocenters. The van der Waals surface area contributed by atoms with Crippen molar-refractivity contribution >= 4 is 27.6 Å². The number of carbonyl (C=O) groups excluding carboxylic acids is 2. The second-order valence-electron chi connectivity index (χ2n) is 7.95. The van der Waals surface area contributed by atoms with Gasteiger partial charge in [-0.25, -0.2) is 32.0 Å². The number of urea groups is 1. The molecule has 0 spiro atoms. The molecule has 1 heterocycles. The number of benzene rings is 2. The molecule has 0 unspecified atom stereocenters. The first-order valence-corrected chi connectivity index (χ1v) is 11.0. The number of nitrogens with zero attached hydrogens (tertiary/aromatic N) is 2. The van der Waals surface area contributed by atoms with E-state index in [1.165, 1.54) is 19.9 Å². The van der Waals surface area contributed by atoms with Crippen LogP contribution >= 0.6 is 0 Å². The predicted molar refractivity (Wildman–Crippen MR) is 107 cm³/mol. The number of nitrogens with two attached hydrogens (primary N) is 1. The Bertz CT molecular complexity index is 1240. The van der Waals surface area contributed by atoms with Crippen molar-refractivity contribution in [3.8, 4) is 0 Å². The van der Waals surface area contributed by atoms with Gasteiger partial charge >= 0.3 is 12.2 Å². The zero-order chi connectivity index (χ0) is 24.9. The second kappa shape index (κ2) is 8.06. The first-order chi connectivity index (χ1) is 15.0. The van der Waals surface area contributed by atoms with Gasteiger partial charge in [0.25, 0.3) is 5.91 Å². The highest BCUT2D eigenvalue weighted by Gasteiger charge is 2.52. The van der Waals surface area contributed by atoms with E-state index < -0.39 is 62.3 Å². The molecule has 3 amide bonds. The minimum atomic E-state index is -5.06. The average Bonchev–Trinajstić information content (AvgIpc) is 2.81. The van der Waals surface area contributed by atoms with E-state index >= 15 is 0 Å². The summed E-state index contributed by atoms with van der Waals surface area (Å²) in [6, 6.07) is 3.85. The van der Waals surface area contributed by atoms with Crippen LogP contribution in [0.3, 0.4) is 0 Å². The molecule has 3 rings (SSSR count). The lowest BCUT2D eigenvalue weighted by Gasteiger charge is -2.28. The van der Waals surface area contributed by atoms with Gasteiger partial charge in [-0.1, -0.05) is 6.07 Å². The maximum absolute atomic E-state index is 13.7. The van der Waals surface area contributed by atoms with E-state index in [9.17, 15) is 40.0 Å². The maximum atomic E-state index is 13.7. The van der Waals surface area contributed by atoms with Crippen LogP contribution in [-0.2, 0) is 33.3 Å². The highest BCUT2D eigenvalue weighted by atomic mass is 32.2. The van der Waals surface area contributed by atoms with E-state index in [4.69, 9.17) is 5.14 Å². The van der Waals surface area contributed by atoms with Gasteiger partial charge in [0, 0.05) is 6.54 Å². The van der Waals surface area contributed by atoms with Crippen molar-refractivity contribution in [2.45, 2.75) is 37.9 Å². The molecule has 1 aliphatic rings. The van der Waals surface area contributed by atoms with Crippen molar-refractivity contribution in [1.29, 1.82) is 0 Å². The third kappa shape index (κ3) is 4.83. The Labute approximate surface area is 185 Å². The lowest BCUT2D eigenvalue weighted by atomic mass is 10.0. The molecule has 33 heavy (non-hydrogen) atoms. The fraction of sp³-hybridized carbons (Fsp3) is 0.300. The molecule has 13 heteroatoms. The van der Waals surface area contributed by atoms with Crippen LogP contribution in [0.1, 0.15) is 30.5 Å². The fourth-order valence-corrected chi connectivity index (χ4v) is 4.17. The standard InChI is InChI=1S/C20H18F5N3O4S/c1-19(2)17(29)28(14-5-6-16(22)15(8-14)20(23,24)25)18(30)27(19)9-11-3-4-13(21)7-12(11)10-33(26,31)32/h3-8H,9-10H2,1-2H3,(H2,26,31,32). The lowest BCUT2D eigenvalue weighted by molar-refractivity contribution is -0.140. The normalized spacial score (nSPS) is 16.6. The Hall–Kier alpha value is -3.06. The Morgan fingerprint density at radius 1 is 1.00 bits per heavy atom. The highest BCUT2D eigenvalue weighted by molar-refractivity contribution is 7.88. The number of primary sulfonamides is 1. The van der Waals surface area contributed by atoms with Crippen molar-refractivity contribution < 1.29 is 40.0 Å². The van der Waals surface area contributed by atoms with Crippen LogP contribution in [0.4, 0.5) is 32.4 Å². The van der Waals surface area contributed by atoms with E-state index in [0.717, 1.165) is 23.1 Å². The predicted octanol–water partition coefficient (Wildman–Crippen LogP) is 3.52. The molecule has 1 aliphatic heterocycles. The Morgan fingerprint density at radius 3 is 2.21 bits per heavy atom. The molecule has 2 N–H and O–H groups in total. The first-order valence-electron chi connectivity index (χ1n) is 9.33. The number of alkyl halides is 3. The SMILES string of the molecule is CC1(C)C(=O)N(c2ccc(F)c(C(F)(F)F)c2)C(=O)N1Cc1ccc(F)cc1CS(N)(=O)=O. The number of hydrogen-bond donors (Lipinski definition) is 1. The van der Waals surface area contributed by atoms with Crippen molar-refractivity contribution in [1.82, 2.24) is 4.90 Å². The van der Waals surface area contributed by atoms with Gasteiger partial charge < -0.3 is 4.90 Å². The molecule has 1 fully saturated rings. The minimum absolute atomic E-state index is 0.0480. The highest BCUT2D eigenvalue weighted by Crippen LogP contribution is 2.38. The quantitative estimate of drug-likeness (QED) is 0.511. The molecule has 2 aromatic rings. The van der Waals surface area contributed by atoms with E-state index in [1.807, 2.05) is 0 Å². The molecule has 0 saturated carbocycles. The molecule has 2 aromatic carbocycles. The van der Waals surface area contributed by atoms with Crippen LogP contribution in [0.5, 0.6) is 0 Å². The van der Waals surface area contributed by atoms with Gasteiger partial charge in [-0.2, -0.15) is 13.2 Å². The van der Waals surface area contributed by atoms with Crippen molar-refractivity contribution in [3.63, 3.8) is 0 Å². The largest absolute Gasteiger partial charge is 0.419 e. The second-order valence-corrected chi connectivity index (χ2v) is 9.56. The third-order valence-corrected chi connectivity index (χ3v) is 5.90. The van der Waals surface area contributed by atoms with Gasteiger partial charge in [-0.15, -0.1) is 0 Å². The fourth-order valence-electron chi connectivity index (χ4n) is 3.47. The van der Waals surface area contributed by atoms with E-state index in [-0.39, 0.29) is 17.7 Å². The first kappa shape index (κ1) is 24.6. The number of imide groups is 1. The number of anilines is 1. The summed E-state index contributed by atoms with van der Waals surface area (Å²) in [6.45, 7) is 2.31. The van der Waals surface area contributed by atoms with Gasteiger partial charge in [0.2, 0.25) is 10.0 Å². The minimum Gasteiger partial charge on any atom is -0.305 e. The van der Waals surface area contributed by atoms with Gasteiger partial charge in [-0.05, 0) is 55.3 Å². The molecular weight excluding hydrogens is 473 g/mol. The maximum Gasteiger partial charge on any atom is 0.419 e. The van der Waals surface area contributed by atoms with E-state index in [0.29, 0.717) is 17.0 Å². The van der Waals surface area contributed by atoms with Crippen LogP contribution in [0.15, 0.2) is 36.4 Å². The number of hydrogen-bond acceptors (Lipinski definition) is 4. The summed E-state index contributed by atoms with van der Waals surface area (Å²) >= 11 is 0. The van der Waals surface area contributed by atoms with Gasteiger partial charge in [0.1, 0.15) is 17.2 Å². The molecule has 0 aliphatic carbocycles. The molecule has 0 radical (unpaired) electrons. The number of amides is 3. The lowest BCUT2D eigenvalue weighted by Crippen LogP contribution is -2.43. The van der Waals surface area contributed by atoms with Gasteiger partial charge in [0.15, 0.2) is 0 Å². The van der Waals surface area contributed by atoms with Crippen molar-refractivity contribution in [2.75, 3.05) is 4.90 Å². The van der Waals surface area contributed by atoms with Crippen molar-refractivity contribution in [2.24, 2.45) is 5.14 Å². The Kier molecular flexibility index (Phi) is 6.00. The number of rotatable bonds is 5. The molecule has 1 saturated heterocycles. The van der Waals surface area contributed by atoms with E-state index in [2.05, 4.69) is 0 Å². The number of halogens is 5. The zero-order valence-corrected chi connectivity index (χ0v) is 18.1. The van der Waals surface area contributed by atoms with Crippen LogP contribution in [0, 0.1) is 11.6 Å². The molecule has 7 nitrogen and oxygen atoms in total. The monoisotopic (exact) mass is 491 g/mol. The summed E-state index contributed by atoms with van der Waals surface area (Å²) in [4.78, 5) is 27.5. The molecular formula is C20H18F5N3O4S. The zero-order valence-electron chi connectivity index (χ0n) is 17.3. The smallest absolute Gasteiger partial charge is 0.305 e. The number of carbonyl (C=O) groups is 2. The van der Waals surface area contributed by atoms with Crippen LogP contribution in [0.25, 0.3) is 0 Å². The summed E-state index contributed by atoms with van der Waals surface area (Å²) in [5, 5.41) is 5.04. The molecule has 0 bridgehead atoms. The average molecular weight is 491 g/mol. The molecule has 0 aromatic heterocycles. The Morgan fingerprint density at radius 2 is 1.64 bits per heavy atom. The summed E-state index contributed by atoms with van der Waals surface area (Å²) in [5.74, 6) is -3.96. The van der Waals surface area contributed by atoms with Crippen LogP contribution < -0.4 is 10.0 Å².